The van der Waals surface area contributed by atoms with Crippen LogP contribution in [0.4, 0.5) is 13.2 Å². The van der Waals surface area contributed by atoms with Gasteiger partial charge in [-0.3, -0.25) is 29.3 Å². The molecule has 2 atom stereocenters. The maximum absolute atomic E-state index is 14.9. The zero-order valence-electron chi connectivity index (χ0n) is 35.7. The Bertz CT molecular complexity index is 2810. The molecule has 0 aliphatic carbocycles. The molecule has 1 saturated heterocycles. The van der Waals surface area contributed by atoms with E-state index in [1.165, 1.54) is 35.2 Å². The molecule has 5 amide bonds. The summed E-state index contributed by atoms with van der Waals surface area (Å²) in [7, 11) is 0. The molecule has 7 rings (SSSR count). The summed E-state index contributed by atoms with van der Waals surface area (Å²) >= 11 is 6.32. The average molecular weight is 910 g/mol. The molecule has 2 aliphatic heterocycles. The number of carbonyl (C=O) groups is 6. The Morgan fingerprint density at radius 2 is 1.74 bits per heavy atom. The van der Waals surface area contributed by atoms with E-state index in [-0.39, 0.29) is 79.0 Å². The van der Waals surface area contributed by atoms with Crippen LogP contribution in [0.1, 0.15) is 106 Å². The number of hydrogen-bond donors (Lipinski definition) is 3. The zero-order valence-corrected chi connectivity index (χ0v) is 36.5. The fraction of sp³-hybridized carbons (Fsp3) is 0.292. The van der Waals surface area contributed by atoms with Gasteiger partial charge in [0.1, 0.15) is 23.5 Å². The minimum Gasteiger partial charge on any atom is -0.493 e. The van der Waals surface area contributed by atoms with Crippen molar-refractivity contribution in [3.63, 3.8) is 0 Å². The van der Waals surface area contributed by atoms with Crippen molar-refractivity contribution in [1.29, 1.82) is 0 Å². The number of ether oxygens (including phenoxy) is 2. The van der Waals surface area contributed by atoms with Gasteiger partial charge in [0.15, 0.2) is 17.5 Å². The molecule has 3 N–H and O–H groups in total. The summed E-state index contributed by atoms with van der Waals surface area (Å²) < 4.78 is 55.0. The van der Waals surface area contributed by atoms with Gasteiger partial charge in [0, 0.05) is 69.6 Å². The first-order valence-electron chi connectivity index (χ1n) is 20.7. The fourth-order valence-corrected chi connectivity index (χ4v) is 8.02. The lowest BCUT2D eigenvalue weighted by Crippen LogP contribution is -2.52. The Balaban J connectivity index is 1.19. The summed E-state index contributed by atoms with van der Waals surface area (Å²) in [6.45, 7) is 6.23. The van der Waals surface area contributed by atoms with Crippen molar-refractivity contribution in [3.8, 4) is 17.6 Å². The number of fused-ring (bicyclic) bond motifs is 2. The lowest BCUT2D eigenvalue weighted by molar-refractivity contribution is -0.137. The van der Waals surface area contributed by atoms with Gasteiger partial charge < -0.3 is 29.6 Å². The van der Waals surface area contributed by atoms with E-state index in [9.17, 15) is 41.9 Å². The summed E-state index contributed by atoms with van der Waals surface area (Å²) in [5.74, 6) is -2.07. The predicted octanol–water partition coefficient (Wildman–Crippen LogP) is 7.30. The number of hydrogen-bond acceptors (Lipinski definition) is 8. The van der Waals surface area contributed by atoms with Gasteiger partial charge in [0.05, 0.1) is 13.2 Å². The van der Waals surface area contributed by atoms with Gasteiger partial charge in [-0.05, 0) is 99.8 Å². The molecule has 5 aromatic rings. The molecule has 65 heavy (non-hydrogen) atoms. The SMILES string of the molecule is CCOC(=O)c1[nH]c2cc(Cl)ccc2c1C(C(=O)NC(C)(C)C)N(Cc1cc(F)c(F)c(F)c1)C(=O)c1cccc(OCCC#Cc2cccc3c2CN(C2CCC(=O)NC2=O)C3=O)c1. The van der Waals surface area contributed by atoms with E-state index in [0.717, 1.165) is 17.0 Å². The Hall–Kier alpha value is -7.12. The number of imide groups is 1. The standard InChI is InChI=1S/C48H43ClF3N5O8/c1-5-64-47(63)41-39(32-16-15-29(49)23-36(32)53-41)42(44(60)55-48(2,3)4)57(24-26-20-34(50)40(52)35(51)21-26)45(61)28-12-8-13-30(22-28)65-19-7-6-10-27-11-9-14-31-33(27)25-56(46(31)62)37-17-18-38(58)54-43(37)59/h8-9,11-16,20-23,37,42,53H,5,7,17-19,24-25H2,1-4H3,(H,55,60)(H,54,58,59). The van der Waals surface area contributed by atoms with Crippen molar-refractivity contribution < 1.29 is 51.4 Å². The van der Waals surface area contributed by atoms with E-state index >= 15 is 0 Å². The third kappa shape index (κ3) is 10.0. The molecule has 2 unspecified atom stereocenters. The average Bonchev–Trinajstić information content (AvgIpc) is 3.79. The second kappa shape index (κ2) is 18.9. The van der Waals surface area contributed by atoms with Crippen LogP contribution in [0.3, 0.4) is 0 Å². The highest BCUT2D eigenvalue weighted by Crippen LogP contribution is 2.37. The van der Waals surface area contributed by atoms with Gasteiger partial charge in [-0.2, -0.15) is 0 Å². The van der Waals surface area contributed by atoms with Crippen LogP contribution in [0.2, 0.25) is 5.02 Å². The van der Waals surface area contributed by atoms with Gasteiger partial charge in [0.2, 0.25) is 17.7 Å². The number of aromatic amines is 1. The molecule has 0 spiro atoms. The minimum absolute atomic E-state index is 0.0105. The molecule has 13 nitrogen and oxygen atoms in total. The Kier molecular flexibility index (Phi) is 13.4. The van der Waals surface area contributed by atoms with Crippen LogP contribution < -0.4 is 15.4 Å². The van der Waals surface area contributed by atoms with Crippen LogP contribution in [0.5, 0.6) is 5.75 Å². The van der Waals surface area contributed by atoms with Gasteiger partial charge in [-0.1, -0.05) is 41.6 Å². The molecular formula is C48H43ClF3N5O8. The van der Waals surface area contributed by atoms with E-state index in [1.807, 2.05) is 0 Å². The van der Waals surface area contributed by atoms with Crippen molar-refractivity contribution in [1.82, 2.24) is 25.4 Å². The molecule has 0 radical (unpaired) electrons. The fourth-order valence-electron chi connectivity index (χ4n) is 7.85. The number of esters is 1. The van der Waals surface area contributed by atoms with E-state index in [1.54, 1.807) is 58.0 Å². The molecule has 3 heterocycles. The molecule has 0 saturated carbocycles. The first-order chi connectivity index (χ1) is 30.9. The van der Waals surface area contributed by atoms with Crippen LogP contribution in [0, 0.1) is 29.3 Å². The predicted molar refractivity (Wildman–Crippen MR) is 232 cm³/mol. The van der Waals surface area contributed by atoms with Gasteiger partial charge in [0.25, 0.3) is 11.8 Å². The van der Waals surface area contributed by atoms with Gasteiger partial charge >= 0.3 is 5.97 Å². The lowest BCUT2D eigenvalue weighted by Gasteiger charge is -2.34. The smallest absolute Gasteiger partial charge is 0.355 e. The lowest BCUT2D eigenvalue weighted by atomic mass is 9.96. The summed E-state index contributed by atoms with van der Waals surface area (Å²) in [6, 6.07) is 14.7. The van der Waals surface area contributed by atoms with Crippen LogP contribution in [-0.2, 0) is 32.2 Å². The summed E-state index contributed by atoms with van der Waals surface area (Å²) in [6.07, 6.45) is 0.562. The van der Waals surface area contributed by atoms with Crippen LogP contribution in [0.25, 0.3) is 10.9 Å². The van der Waals surface area contributed by atoms with Crippen molar-refractivity contribution in [2.75, 3.05) is 13.2 Å². The van der Waals surface area contributed by atoms with Crippen molar-refractivity contribution in [3.05, 3.63) is 134 Å². The largest absolute Gasteiger partial charge is 0.493 e. The number of benzene rings is 4. The van der Waals surface area contributed by atoms with Crippen LogP contribution >= 0.6 is 11.6 Å². The maximum atomic E-state index is 14.9. The maximum Gasteiger partial charge on any atom is 0.355 e. The van der Waals surface area contributed by atoms with Crippen LogP contribution in [-0.4, -0.2) is 75.1 Å². The number of piperidine rings is 1. The summed E-state index contributed by atoms with van der Waals surface area (Å²) in [5.41, 5.74) is 0.734. The second-order valence-electron chi connectivity index (χ2n) is 16.4. The number of nitrogens with zero attached hydrogens (tertiary/aromatic N) is 2. The minimum atomic E-state index is -1.72. The molecule has 0 bridgehead atoms. The Morgan fingerprint density at radius 1 is 1.00 bits per heavy atom. The third-order valence-electron chi connectivity index (χ3n) is 10.7. The second-order valence-corrected chi connectivity index (χ2v) is 16.9. The number of nitrogens with one attached hydrogen (secondary N) is 3. The first kappa shape index (κ1) is 45.9. The number of carbonyl (C=O) groups excluding carboxylic acids is 6. The quantitative estimate of drug-likeness (QED) is 0.0386. The van der Waals surface area contributed by atoms with Crippen molar-refractivity contribution in [2.24, 2.45) is 0 Å². The van der Waals surface area contributed by atoms with Gasteiger partial charge in [-0.25, -0.2) is 18.0 Å². The molecule has 1 fully saturated rings. The highest BCUT2D eigenvalue weighted by Gasteiger charge is 2.41. The van der Waals surface area contributed by atoms with E-state index < -0.39 is 65.3 Å². The molecule has 17 heteroatoms. The highest BCUT2D eigenvalue weighted by molar-refractivity contribution is 6.31. The molecule has 4 aromatic carbocycles. The molecule has 2 aliphatic rings. The number of aromatic nitrogens is 1. The zero-order chi connectivity index (χ0) is 46.7. The van der Waals surface area contributed by atoms with E-state index in [2.05, 4.69) is 27.5 Å². The molecule has 336 valence electrons. The highest BCUT2D eigenvalue weighted by atomic mass is 35.5. The third-order valence-corrected chi connectivity index (χ3v) is 10.9. The monoisotopic (exact) mass is 909 g/mol. The first-order valence-corrected chi connectivity index (χ1v) is 21.0. The summed E-state index contributed by atoms with van der Waals surface area (Å²) in [4.78, 5) is 86.1. The number of halogens is 4. The van der Waals surface area contributed by atoms with Crippen molar-refractivity contribution >= 4 is 58.0 Å². The molecular weight excluding hydrogens is 867 g/mol. The Labute approximate surface area is 376 Å². The van der Waals surface area contributed by atoms with Crippen molar-refractivity contribution in [2.45, 2.75) is 77.7 Å². The van der Waals surface area contributed by atoms with Gasteiger partial charge in [-0.15, -0.1) is 0 Å². The van der Waals surface area contributed by atoms with E-state index in [0.29, 0.717) is 32.6 Å². The Morgan fingerprint density at radius 3 is 2.45 bits per heavy atom. The summed E-state index contributed by atoms with van der Waals surface area (Å²) in [5, 5.41) is 5.77. The number of rotatable bonds is 12. The van der Waals surface area contributed by atoms with E-state index in [4.69, 9.17) is 21.1 Å². The molecule has 1 aromatic heterocycles. The topological polar surface area (TPSA) is 167 Å². The number of H-pyrrole nitrogens is 1. The normalized spacial score (nSPS) is 15.2. The number of amides is 5. The van der Waals surface area contributed by atoms with Crippen LogP contribution in [0.15, 0.2) is 72.8 Å².